The molecule has 0 fully saturated rings. The van der Waals surface area contributed by atoms with Crippen LogP contribution in [0.15, 0.2) is 84.9 Å². The van der Waals surface area contributed by atoms with Crippen molar-refractivity contribution >= 4 is 40.3 Å². The van der Waals surface area contributed by atoms with E-state index in [0.717, 1.165) is 23.6 Å². The van der Waals surface area contributed by atoms with Gasteiger partial charge in [0.2, 0.25) is 6.71 Å². The van der Waals surface area contributed by atoms with Gasteiger partial charge in [-0.15, -0.1) is 0 Å². The fourth-order valence-corrected chi connectivity index (χ4v) is 10.4. The summed E-state index contributed by atoms with van der Waals surface area (Å²) in [6.45, 7) is 35.6. The van der Waals surface area contributed by atoms with Gasteiger partial charge in [-0.2, -0.15) is 0 Å². The van der Waals surface area contributed by atoms with E-state index in [-0.39, 0.29) is 39.2 Å². The minimum atomic E-state index is -0.238. The highest BCUT2D eigenvalue weighted by atomic mass is 15.2. The molecular formula is C51H61BN2. The Morgan fingerprint density at radius 3 is 1.76 bits per heavy atom. The van der Waals surface area contributed by atoms with Crippen molar-refractivity contribution in [2.24, 2.45) is 0 Å². The molecule has 1 aromatic heterocycles. The highest BCUT2D eigenvalue weighted by Crippen LogP contribution is 2.53. The Bertz CT molecular complexity index is 2330. The zero-order valence-electron chi connectivity index (χ0n) is 35.8. The van der Waals surface area contributed by atoms with Crippen molar-refractivity contribution < 1.29 is 0 Å². The summed E-state index contributed by atoms with van der Waals surface area (Å²) in [5.41, 5.74) is 18.7. The zero-order valence-corrected chi connectivity index (χ0v) is 35.8. The number of pyridine rings is 1. The van der Waals surface area contributed by atoms with E-state index in [1.165, 1.54) is 66.6 Å². The molecule has 1 aliphatic carbocycles. The maximum absolute atomic E-state index is 5.90. The Morgan fingerprint density at radius 2 is 1.15 bits per heavy atom. The van der Waals surface area contributed by atoms with Crippen molar-refractivity contribution in [1.82, 2.24) is 4.98 Å². The maximum atomic E-state index is 5.90. The van der Waals surface area contributed by atoms with Crippen molar-refractivity contribution in [3.8, 4) is 11.3 Å². The Morgan fingerprint density at radius 1 is 0.574 bits per heavy atom. The number of aromatic nitrogens is 1. The summed E-state index contributed by atoms with van der Waals surface area (Å²) in [4.78, 5) is 8.40. The van der Waals surface area contributed by atoms with Crippen LogP contribution in [0.2, 0.25) is 0 Å². The van der Waals surface area contributed by atoms with Crippen LogP contribution in [0.4, 0.5) is 17.2 Å². The molecule has 2 aliphatic heterocycles. The molecule has 0 N–H and O–H groups in total. The van der Waals surface area contributed by atoms with Gasteiger partial charge in [0, 0.05) is 22.4 Å². The SMILES string of the molecule is CC(C)(C)c1ccc(N2c3ccc(C(C)(C)C)cc3B3c4cc(C(C)(C)C)ccc4C(C)(C)c4cc(-c5cccc6c5C(C)(C)CC6(C)C)nc2c43)cc1. The van der Waals surface area contributed by atoms with Crippen LogP contribution in [0.3, 0.4) is 0 Å². The first-order valence-electron chi connectivity index (χ1n) is 20.3. The number of rotatable bonds is 2. The molecule has 5 aromatic rings. The van der Waals surface area contributed by atoms with Crippen LogP contribution in [0.5, 0.6) is 0 Å². The number of hydrogen-bond donors (Lipinski definition) is 0. The first-order valence-corrected chi connectivity index (χ1v) is 20.3. The highest BCUT2D eigenvalue weighted by molar-refractivity contribution is 6.99. The Hall–Kier alpha value is -4.11. The Kier molecular flexibility index (Phi) is 7.83. The van der Waals surface area contributed by atoms with Gasteiger partial charge in [-0.3, -0.25) is 4.90 Å². The van der Waals surface area contributed by atoms with E-state index >= 15 is 0 Å². The molecule has 0 saturated carbocycles. The van der Waals surface area contributed by atoms with Gasteiger partial charge in [-0.05, 0) is 108 Å². The Labute approximate surface area is 326 Å². The summed E-state index contributed by atoms with van der Waals surface area (Å²) < 4.78 is 0. The van der Waals surface area contributed by atoms with Gasteiger partial charge in [0.05, 0.1) is 5.69 Å². The predicted molar refractivity (Wildman–Crippen MR) is 234 cm³/mol. The monoisotopic (exact) mass is 712 g/mol. The van der Waals surface area contributed by atoms with Crippen LogP contribution in [0.1, 0.15) is 149 Å². The molecule has 4 aromatic carbocycles. The van der Waals surface area contributed by atoms with Crippen LogP contribution in [-0.4, -0.2) is 11.7 Å². The molecule has 0 amide bonds. The zero-order chi connectivity index (χ0) is 39.1. The van der Waals surface area contributed by atoms with Crippen molar-refractivity contribution in [2.45, 2.75) is 143 Å². The quantitative estimate of drug-likeness (QED) is 0.166. The Balaban J connectivity index is 1.50. The number of hydrogen-bond acceptors (Lipinski definition) is 2. The van der Waals surface area contributed by atoms with Crippen molar-refractivity contribution in [1.29, 1.82) is 0 Å². The van der Waals surface area contributed by atoms with E-state index in [1.54, 1.807) is 0 Å². The number of anilines is 3. The molecular weight excluding hydrogens is 651 g/mol. The third kappa shape index (κ3) is 5.54. The third-order valence-corrected chi connectivity index (χ3v) is 13.2. The van der Waals surface area contributed by atoms with Crippen LogP contribution in [0, 0.1) is 0 Å². The summed E-state index contributed by atoms with van der Waals surface area (Å²) in [6.07, 6.45) is 1.12. The molecule has 0 radical (unpaired) electrons. The lowest BCUT2D eigenvalue weighted by Crippen LogP contribution is -2.64. The van der Waals surface area contributed by atoms with E-state index in [9.17, 15) is 0 Å². The molecule has 278 valence electrons. The second-order valence-electron chi connectivity index (χ2n) is 21.7. The fraction of sp³-hybridized carbons (Fsp3) is 0.431. The molecule has 0 atom stereocenters. The maximum Gasteiger partial charge on any atom is 0.249 e. The lowest BCUT2D eigenvalue weighted by molar-refractivity contribution is 0.403. The van der Waals surface area contributed by atoms with Crippen LogP contribution in [-0.2, 0) is 32.5 Å². The number of nitrogens with zero attached hydrogens (tertiary/aromatic N) is 2. The van der Waals surface area contributed by atoms with Gasteiger partial charge in [-0.1, -0.05) is 170 Å². The van der Waals surface area contributed by atoms with E-state index in [4.69, 9.17) is 4.98 Å². The summed E-state index contributed by atoms with van der Waals surface area (Å²) in [7, 11) is 0. The van der Waals surface area contributed by atoms with Crippen molar-refractivity contribution in [3.63, 3.8) is 0 Å². The normalized spacial score (nSPS) is 17.8. The van der Waals surface area contributed by atoms with Crippen molar-refractivity contribution in [3.05, 3.63) is 124 Å². The molecule has 3 heterocycles. The molecule has 0 bridgehead atoms. The lowest BCUT2D eigenvalue weighted by Gasteiger charge is -2.45. The summed E-state index contributed by atoms with van der Waals surface area (Å²) in [5, 5.41) is 0. The van der Waals surface area contributed by atoms with Crippen LogP contribution >= 0.6 is 0 Å². The topological polar surface area (TPSA) is 16.1 Å². The molecule has 0 saturated heterocycles. The standard InChI is InChI=1S/C51H61BN2/c1-46(2,3)31-19-23-34(24-20-31)54-42-26-22-33(48(7,8)9)28-40(42)52-39-27-32(47(4,5)6)21-25-36(39)51(14,15)38-29-41(53-45(54)44(38)52)35-17-16-18-37-43(35)50(12,13)30-49(37,10)11/h16-29H,30H2,1-15H3. The predicted octanol–water partition coefficient (Wildman–Crippen LogP) is 11.5. The minimum Gasteiger partial charge on any atom is -0.296 e. The second-order valence-corrected chi connectivity index (χ2v) is 21.7. The van der Waals surface area contributed by atoms with Gasteiger partial charge in [0.1, 0.15) is 5.82 Å². The first kappa shape index (κ1) is 36.8. The molecule has 54 heavy (non-hydrogen) atoms. The van der Waals surface area contributed by atoms with Gasteiger partial charge in [0.25, 0.3) is 0 Å². The number of fused-ring (bicyclic) bond motifs is 5. The van der Waals surface area contributed by atoms with E-state index in [0.29, 0.717) is 0 Å². The molecule has 0 spiro atoms. The fourth-order valence-electron chi connectivity index (χ4n) is 10.4. The van der Waals surface area contributed by atoms with E-state index in [1.807, 2.05) is 0 Å². The summed E-state index contributed by atoms with van der Waals surface area (Å²) in [6, 6.07) is 33.4. The second kappa shape index (κ2) is 11.5. The third-order valence-electron chi connectivity index (χ3n) is 13.2. The molecule has 0 unspecified atom stereocenters. The smallest absolute Gasteiger partial charge is 0.249 e. The average molecular weight is 713 g/mol. The molecule has 2 nitrogen and oxygen atoms in total. The average Bonchev–Trinajstić information content (AvgIpc) is 3.27. The highest BCUT2D eigenvalue weighted by Gasteiger charge is 2.49. The summed E-state index contributed by atoms with van der Waals surface area (Å²) in [5.74, 6) is 1.07. The van der Waals surface area contributed by atoms with Gasteiger partial charge in [0.15, 0.2) is 0 Å². The van der Waals surface area contributed by atoms with Crippen LogP contribution in [0.25, 0.3) is 11.3 Å². The van der Waals surface area contributed by atoms with Gasteiger partial charge < -0.3 is 0 Å². The first-order chi connectivity index (χ1) is 24.9. The van der Waals surface area contributed by atoms with Crippen molar-refractivity contribution in [2.75, 3.05) is 4.90 Å². The van der Waals surface area contributed by atoms with Gasteiger partial charge >= 0.3 is 0 Å². The molecule has 3 aliphatic rings. The molecule has 8 rings (SSSR count). The lowest BCUT2D eigenvalue weighted by atomic mass is 9.30. The number of benzene rings is 4. The van der Waals surface area contributed by atoms with E-state index < -0.39 is 0 Å². The van der Waals surface area contributed by atoms with Crippen LogP contribution < -0.4 is 21.3 Å². The van der Waals surface area contributed by atoms with Gasteiger partial charge in [-0.25, -0.2) is 4.98 Å². The van der Waals surface area contributed by atoms with E-state index in [2.05, 4.69) is 194 Å². The largest absolute Gasteiger partial charge is 0.296 e. The minimum absolute atomic E-state index is 0.0116. The molecule has 3 heteroatoms. The summed E-state index contributed by atoms with van der Waals surface area (Å²) >= 11 is 0.